The zero-order valence-electron chi connectivity index (χ0n) is 11.1. The summed E-state index contributed by atoms with van der Waals surface area (Å²) in [5.74, 6) is 1.20. The van der Waals surface area contributed by atoms with Gasteiger partial charge in [-0.25, -0.2) is 4.79 Å². The van der Waals surface area contributed by atoms with Gasteiger partial charge in [0.25, 0.3) is 0 Å². The van der Waals surface area contributed by atoms with Crippen LogP contribution in [-0.2, 0) is 12.8 Å². The molecule has 0 spiro atoms. The number of hydrogen-bond donors (Lipinski definition) is 2. The maximum Gasteiger partial charge on any atom is 0.405 e. The fourth-order valence-corrected chi connectivity index (χ4v) is 2.57. The second-order valence-electron chi connectivity index (χ2n) is 4.82. The lowest BCUT2D eigenvalue weighted by Crippen LogP contribution is -2.24. The number of fused-ring (bicyclic) bond motifs is 1. The van der Waals surface area contributed by atoms with Gasteiger partial charge < -0.3 is 14.9 Å². The minimum absolute atomic E-state index is 0.118. The molecule has 0 fully saturated rings. The summed E-state index contributed by atoms with van der Waals surface area (Å²) in [6.45, 7) is 1.96. The Kier molecular flexibility index (Phi) is 3.14. The number of nitrogens with one attached hydrogen (secondary N) is 1. The number of carboxylic acid groups (broad SMARTS) is 1. The van der Waals surface area contributed by atoms with Gasteiger partial charge in [-0.3, -0.25) is 0 Å². The van der Waals surface area contributed by atoms with Gasteiger partial charge in [0.05, 0.1) is 6.04 Å². The lowest BCUT2D eigenvalue weighted by atomic mass is 10.0. The molecule has 1 aliphatic rings. The molecule has 104 valence electrons. The Bertz CT molecular complexity index is 651. The summed E-state index contributed by atoms with van der Waals surface area (Å²) in [7, 11) is 0. The van der Waals surface area contributed by atoms with E-state index in [9.17, 15) is 4.79 Å². The van der Waals surface area contributed by atoms with Crippen molar-refractivity contribution in [2.24, 2.45) is 0 Å². The molecule has 1 aliphatic carbocycles. The van der Waals surface area contributed by atoms with Crippen molar-refractivity contribution in [1.82, 2.24) is 15.5 Å². The average Bonchev–Trinajstić information content (AvgIpc) is 3.05. The standard InChI is InChI=1S/C14H15N3O3/c1-2-12-16-13(17-20-12)9-3-5-10-8(7-9)4-6-11(10)15-14(18)19/h3,5,7,11,15H,2,4,6H2,1H3,(H,18,19). The largest absolute Gasteiger partial charge is 0.465 e. The Labute approximate surface area is 115 Å². The first kappa shape index (κ1) is 12.7. The fraction of sp³-hybridized carbons (Fsp3) is 0.357. The summed E-state index contributed by atoms with van der Waals surface area (Å²) in [5, 5.41) is 15.3. The predicted molar refractivity (Wildman–Crippen MR) is 71.3 cm³/mol. The molecule has 1 heterocycles. The molecule has 6 heteroatoms. The van der Waals surface area contributed by atoms with E-state index < -0.39 is 6.09 Å². The smallest absolute Gasteiger partial charge is 0.405 e. The first-order valence-corrected chi connectivity index (χ1v) is 6.62. The van der Waals surface area contributed by atoms with Gasteiger partial charge in [-0.1, -0.05) is 24.2 Å². The second-order valence-corrected chi connectivity index (χ2v) is 4.82. The van der Waals surface area contributed by atoms with Crippen LogP contribution in [0.15, 0.2) is 22.7 Å². The molecule has 20 heavy (non-hydrogen) atoms. The van der Waals surface area contributed by atoms with Gasteiger partial charge in [0.2, 0.25) is 11.7 Å². The lowest BCUT2D eigenvalue weighted by Gasteiger charge is -2.11. The van der Waals surface area contributed by atoms with Crippen LogP contribution in [0.5, 0.6) is 0 Å². The highest BCUT2D eigenvalue weighted by Crippen LogP contribution is 2.33. The quantitative estimate of drug-likeness (QED) is 0.897. The number of benzene rings is 1. The molecule has 1 amide bonds. The molecule has 0 bridgehead atoms. The van der Waals surface area contributed by atoms with Crippen LogP contribution in [0.4, 0.5) is 4.79 Å². The summed E-state index contributed by atoms with van der Waals surface area (Å²) in [6.07, 6.45) is 1.37. The SMILES string of the molecule is CCc1nc(-c2ccc3c(c2)CCC3NC(=O)O)no1. The van der Waals surface area contributed by atoms with E-state index in [1.54, 1.807) is 0 Å². The second kappa shape index (κ2) is 4.96. The number of nitrogens with zero attached hydrogens (tertiary/aromatic N) is 2. The van der Waals surface area contributed by atoms with Gasteiger partial charge >= 0.3 is 6.09 Å². The minimum Gasteiger partial charge on any atom is -0.465 e. The highest BCUT2D eigenvalue weighted by atomic mass is 16.5. The Morgan fingerprint density at radius 1 is 1.55 bits per heavy atom. The Hall–Kier alpha value is -2.37. The molecule has 0 saturated carbocycles. The van der Waals surface area contributed by atoms with Crippen LogP contribution in [0.2, 0.25) is 0 Å². The third kappa shape index (κ3) is 2.24. The molecular formula is C14H15N3O3. The molecule has 2 aromatic rings. The third-order valence-corrected chi connectivity index (χ3v) is 3.55. The first-order valence-electron chi connectivity index (χ1n) is 6.62. The molecular weight excluding hydrogens is 258 g/mol. The van der Waals surface area contributed by atoms with E-state index in [-0.39, 0.29) is 6.04 Å². The molecule has 0 radical (unpaired) electrons. The van der Waals surface area contributed by atoms with E-state index in [1.165, 1.54) is 0 Å². The maximum absolute atomic E-state index is 10.7. The Morgan fingerprint density at radius 2 is 2.40 bits per heavy atom. The number of aryl methyl sites for hydroxylation is 2. The van der Waals surface area contributed by atoms with Gasteiger partial charge in [0, 0.05) is 12.0 Å². The van der Waals surface area contributed by atoms with E-state index >= 15 is 0 Å². The summed E-state index contributed by atoms with van der Waals surface area (Å²) >= 11 is 0. The van der Waals surface area contributed by atoms with Crippen LogP contribution in [0.25, 0.3) is 11.4 Å². The Balaban J connectivity index is 1.89. The number of rotatable bonds is 3. The van der Waals surface area contributed by atoms with Crippen molar-refractivity contribution in [3.05, 3.63) is 35.2 Å². The number of carbonyl (C=O) groups is 1. The minimum atomic E-state index is -0.988. The molecule has 2 N–H and O–H groups in total. The summed E-state index contributed by atoms with van der Waals surface area (Å²) in [5.41, 5.74) is 3.09. The summed E-state index contributed by atoms with van der Waals surface area (Å²) in [4.78, 5) is 15.1. The lowest BCUT2D eigenvalue weighted by molar-refractivity contribution is 0.190. The van der Waals surface area contributed by atoms with Gasteiger partial charge in [-0.2, -0.15) is 4.98 Å². The van der Waals surface area contributed by atoms with Crippen molar-refractivity contribution in [2.75, 3.05) is 0 Å². The molecule has 6 nitrogen and oxygen atoms in total. The van der Waals surface area contributed by atoms with Crippen molar-refractivity contribution in [3.63, 3.8) is 0 Å². The highest BCUT2D eigenvalue weighted by molar-refractivity contribution is 5.66. The molecule has 0 aliphatic heterocycles. The monoisotopic (exact) mass is 273 g/mol. The van der Waals surface area contributed by atoms with Crippen molar-refractivity contribution in [3.8, 4) is 11.4 Å². The van der Waals surface area contributed by atoms with E-state index in [4.69, 9.17) is 9.63 Å². The zero-order valence-corrected chi connectivity index (χ0v) is 11.1. The molecule has 1 aromatic heterocycles. The Morgan fingerprint density at radius 3 is 3.10 bits per heavy atom. The van der Waals surface area contributed by atoms with Gasteiger partial charge in [-0.05, 0) is 30.0 Å². The molecule has 1 unspecified atom stereocenters. The summed E-state index contributed by atoms with van der Waals surface area (Å²) < 4.78 is 5.11. The number of aromatic nitrogens is 2. The van der Waals surface area contributed by atoms with E-state index in [0.29, 0.717) is 18.1 Å². The van der Waals surface area contributed by atoms with Crippen LogP contribution >= 0.6 is 0 Å². The normalized spacial score (nSPS) is 16.9. The average molecular weight is 273 g/mol. The van der Waals surface area contributed by atoms with E-state index in [2.05, 4.69) is 15.5 Å². The molecule has 1 aromatic carbocycles. The van der Waals surface area contributed by atoms with E-state index in [1.807, 2.05) is 25.1 Å². The van der Waals surface area contributed by atoms with Crippen LogP contribution in [-0.4, -0.2) is 21.3 Å². The van der Waals surface area contributed by atoms with Gasteiger partial charge in [0.15, 0.2) is 0 Å². The van der Waals surface area contributed by atoms with Crippen molar-refractivity contribution in [1.29, 1.82) is 0 Å². The third-order valence-electron chi connectivity index (χ3n) is 3.55. The highest BCUT2D eigenvalue weighted by Gasteiger charge is 2.24. The molecule has 0 saturated heterocycles. The van der Waals surface area contributed by atoms with Crippen LogP contribution in [0.1, 0.15) is 36.4 Å². The van der Waals surface area contributed by atoms with Crippen molar-refractivity contribution < 1.29 is 14.4 Å². The molecule has 1 atom stereocenters. The topological polar surface area (TPSA) is 88.2 Å². The fourth-order valence-electron chi connectivity index (χ4n) is 2.57. The predicted octanol–water partition coefficient (Wildman–Crippen LogP) is 2.55. The maximum atomic E-state index is 10.7. The number of hydrogen-bond acceptors (Lipinski definition) is 4. The van der Waals surface area contributed by atoms with Crippen molar-refractivity contribution in [2.45, 2.75) is 32.2 Å². The van der Waals surface area contributed by atoms with Crippen LogP contribution in [0, 0.1) is 0 Å². The van der Waals surface area contributed by atoms with Gasteiger partial charge in [0.1, 0.15) is 0 Å². The molecule has 3 rings (SSSR count). The zero-order chi connectivity index (χ0) is 14.1. The van der Waals surface area contributed by atoms with Crippen LogP contribution < -0.4 is 5.32 Å². The van der Waals surface area contributed by atoms with E-state index in [0.717, 1.165) is 29.5 Å². The first-order chi connectivity index (χ1) is 9.67. The van der Waals surface area contributed by atoms with Crippen molar-refractivity contribution >= 4 is 6.09 Å². The summed E-state index contributed by atoms with van der Waals surface area (Å²) in [6, 6.07) is 5.75. The number of amides is 1. The van der Waals surface area contributed by atoms with Crippen LogP contribution in [0.3, 0.4) is 0 Å². The van der Waals surface area contributed by atoms with Gasteiger partial charge in [-0.15, -0.1) is 0 Å².